The van der Waals surface area contributed by atoms with E-state index < -0.39 is 0 Å². The SMILES string of the molecule is COc1cc(Cl)c(C)cc1Nc1nccc(C(=O)NC2CC2)n1. The number of benzene rings is 1. The standard InChI is InChI=1S/C16H17ClN4O2/c1-9-7-13(14(23-2)8-11(9)17)21-16-18-6-5-12(20-16)15(22)19-10-3-4-10/h5-8,10H,3-4H2,1-2H3,(H,19,22)(H,18,20,21). The van der Waals surface area contributed by atoms with Gasteiger partial charge in [0.1, 0.15) is 11.4 Å². The molecule has 3 rings (SSSR count). The van der Waals surface area contributed by atoms with E-state index >= 15 is 0 Å². The molecule has 1 saturated carbocycles. The molecule has 1 aromatic carbocycles. The van der Waals surface area contributed by atoms with Gasteiger partial charge in [-0.1, -0.05) is 11.6 Å². The number of nitrogens with one attached hydrogen (secondary N) is 2. The number of nitrogens with zero attached hydrogens (tertiary/aromatic N) is 2. The number of amides is 1. The fourth-order valence-electron chi connectivity index (χ4n) is 2.08. The van der Waals surface area contributed by atoms with Crippen LogP contribution < -0.4 is 15.4 Å². The molecule has 120 valence electrons. The number of hydrogen-bond donors (Lipinski definition) is 2. The van der Waals surface area contributed by atoms with E-state index in [-0.39, 0.29) is 11.9 Å². The molecule has 1 aliphatic rings. The van der Waals surface area contributed by atoms with Crippen molar-refractivity contribution in [3.8, 4) is 5.75 Å². The van der Waals surface area contributed by atoms with Crippen LogP contribution in [0.15, 0.2) is 24.4 Å². The van der Waals surface area contributed by atoms with Gasteiger partial charge >= 0.3 is 0 Å². The van der Waals surface area contributed by atoms with Crippen molar-refractivity contribution in [1.29, 1.82) is 0 Å². The highest BCUT2D eigenvalue weighted by Gasteiger charge is 2.24. The Labute approximate surface area is 139 Å². The molecule has 1 aliphatic carbocycles. The van der Waals surface area contributed by atoms with Gasteiger partial charge in [-0.3, -0.25) is 4.79 Å². The van der Waals surface area contributed by atoms with Gasteiger partial charge < -0.3 is 15.4 Å². The smallest absolute Gasteiger partial charge is 0.270 e. The molecule has 6 nitrogen and oxygen atoms in total. The molecule has 0 bridgehead atoms. The van der Waals surface area contributed by atoms with Crippen LogP contribution in [0.3, 0.4) is 0 Å². The predicted octanol–water partition coefficient (Wildman–Crippen LogP) is 3.08. The second kappa shape index (κ2) is 6.42. The second-order valence-electron chi connectivity index (χ2n) is 5.44. The average Bonchev–Trinajstić information content (AvgIpc) is 3.35. The van der Waals surface area contributed by atoms with Crippen molar-refractivity contribution in [1.82, 2.24) is 15.3 Å². The summed E-state index contributed by atoms with van der Waals surface area (Å²) in [6.07, 6.45) is 3.61. The van der Waals surface area contributed by atoms with E-state index in [9.17, 15) is 4.79 Å². The minimum Gasteiger partial charge on any atom is -0.495 e. The minimum atomic E-state index is -0.183. The molecule has 2 N–H and O–H groups in total. The lowest BCUT2D eigenvalue weighted by Crippen LogP contribution is -2.26. The molecular weight excluding hydrogens is 316 g/mol. The highest BCUT2D eigenvalue weighted by Crippen LogP contribution is 2.32. The molecule has 0 atom stereocenters. The minimum absolute atomic E-state index is 0.183. The van der Waals surface area contributed by atoms with Crippen LogP contribution >= 0.6 is 11.6 Å². The first-order valence-electron chi connectivity index (χ1n) is 7.32. The van der Waals surface area contributed by atoms with Crippen molar-refractivity contribution in [3.05, 3.63) is 40.7 Å². The first-order valence-corrected chi connectivity index (χ1v) is 7.69. The largest absolute Gasteiger partial charge is 0.495 e. The van der Waals surface area contributed by atoms with Crippen LogP contribution in [0, 0.1) is 6.92 Å². The van der Waals surface area contributed by atoms with Crippen molar-refractivity contribution in [2.75, 3.05) is 12.4 Å². The van der Waals surface area contributed by atoms with Gasteiger partial charge in [-0.15, -0.1) is 0 Å². The Bertz CT molecular complexity index is 747. The number of aromatic nitrogens is 2. The van der Waals surface area contributed by atoms with Crippen molar-refractivity contribution < 1.29 is 9.53 Å². The van der Waals surface area contributed by atoms with Crippen molar-refractivity contribution in [3.63, 3.8) is 0 Å². The van der Waals surface area contributed by atoms with Crippen molar-refractivity contribution >= 4 is 29.1 Å². The van der Waals surface area contributed by atoms with Crippen LogP contribution in [-0.4, -0.2) is 29.0 Å². The first kappa shape index (κ1) is 15.6. The Morgan fingerprint density at radius 1 is 1.39 bits per heavy atom. The zero-order valence-corrected chi connectivity index (χ0v) is 13.6. The van der Waals surface area contributed by atoms with E-state index in [1.807, 2.05) is 13.0 Å². The lowest BCUT2D eigenvalue weighted by atomic mass is 10.2. The van der Waals surface area contributed by atoms with Crippen LogP contribution in [-0.2, 0) is 0 Å². The quantitative estimate of drug-likeness (QED) is 0.880. The Balaban J connectivity index is 1.82. The molecule has 23 heavy (non-hydrogen) atoms. The van der Waals surface area contributed by atoms with E-state index in [2.05, 4.69) is 20.6 Å². The van der Waals surface area contributed by atoms with Gasteiger partial charge in [0.05, 0.1) is 12.8 Å². The van der Waals surface area contributed by atoms with Crippen LogP contribution in [0.5, 0.6) is 5.75 Å². The summed E-state index contributed by atoms with van der Waals surface area (Å²) in [6, 6.07) is 5.45. The van der Waals surface area contributed by atoms with Crippen LogP contribution in [0.2, 0.25) is 5.02 Å². The molecule has 0 radical (unpaired) electrons. The highest BCUT2D eigenvalue weighted by molar-refractivity contribution is 6.31. The third-order valence-corrected chi connectivity index (χ3v) is 3.94. The van der Waals surface area contributed by atoms with E-state index in [4.69, 9.17) is 16.3 Å². The monoisotopic (exact) mass is 332 g/mol. The summed E-state index contributed by atoms with van der Waals surface area (Å²) in [5.74, 6) is 0.725. The third kappa shape index (κ3) is 3.71. The van der Waals surface area contributed by atoms with Crippen molar-refractivity contribution in [2.24, 2.45) is 0 Å². The lowest BCUT2D eigenvalue weighted by molar-refractivity contribution is 0.0946. The summed E-state index contributed by atoms with van der Waals surface area (Å²) in [5, 5.41) is 6.59. The maximum Gasteiger partial charge on any atom is 0.270 e. The Hall–Kier alpha value is -2.34. The summed E-state index contributed by atoms with van der Waals surface area (Å²) in [5.41, 5.74) is 1.92. The number of carbonyl (C=O) groups is 1. The lowest BCUT2D eigenvalue weighted by Gasteiger charge is -2.12. The molecule has 0 saturated heterocycles. The van der Waals surface area contributed by atoms with Gasteiger partial charge in [0.2, 0.25) is 5.95 Å². The maximum atomic E-state index is 12.1. The van der Waals surface area contributed by atoms with Gasteiger partial charge in [0.15, 0.2) is 0 Å². The van der Waals surface area contributed by atoms with Gasteiger partial charge in [-0.25, -0.2) is 9.97 Å². The molecular formula is C16H17ClN4O2. The number of hydrogen-bond acceptors (Lipinski definition) is 5. The first-order chi connectivity index (χ1) is 11.1. The number of halogens is 1. The Kier molecular flexibility index (Phi) is 4.34. The molecule has 1 aromatic heterocycles. The molecule has 1 amide bonds. The van der Waals surface area contributed by atoms with Crippen molar-refractivity contribution in [2.45, 2.75) is 25.8 Å². The summed E-state index contributed by atoms with van der Waals surface area (Å²) >= 11 is 6.10. The summed E-state index contributed by atoms with van der Waals surface area (Å²) in [7, 11) is 1.56. The molecule has 1 heterocycles. The maximum absolute atomic E-state index is 12.1. The Morgan fingerprint density at radius 3 is 2.87 bits per heavy atom. The molecule has 0 unspecified atom stereocenters. The van der Waals surface area contributed by atoms with Crippen LogP contribution in [0.4, 0.5) is 11.6 Å². The number of aryl methyl sites for hydroxylation is 1. The number of rotatable bonds is 5. The highest BCUT2D eigenvalue weighted by atomic mass is 35.5. The fraction of sp³-hybridized carbons (Fsp3) is 0.312. The van der Waals surface area contributed by atoms with E-state index in [0.717, 1.165) is 18.4 Å². The topological polar surface area (TPSA) is 76.1 Å². The summed E-state index contributed by atoms with van der Waals surface area (Å²) in [4.78, 5) is 20.5. The fourth-order valence-corrected chi connectivity index (χ4v) is 2.24. The third-order valence-electron chi connectivity index (χ3n) is 3.53. The van der Waals surface area contributed by atoms with Gasteiger partial charge in [-0.05, 0) is 37.5 Å². The van der Waals surface area contributed by atoms with Gasteiger partial charge in [0.25, 0.3) is 5.91 Å². The summed E-state index contributed by atoms with van der Waals surface area (Å²) in [6.45, 7) is 1.90. The molecule has 1 fully saturated rings. The number of ether oxygens (including phenoxy) is 1. The molecule has 7 heteroatoms. The molecule has 0 spiro atoms. The van der Waals surface area contributed by atoms with E-state index in [1.165, 1.54) is 0 Å². The van der Waals surface area contributed by atoms with E-state index in [0.29, 0.717) is 28.1 Å². The molecule has 0 aliphatic heterocycles. The normalized spacial score (nSPS) is 13.5. The Morgan fingerprint density at radius 2 is 2.17 bits per heavy atom. The van der Waals surface area contributed by atoms with Crippen LogP contribution in [0.25, 0.3) is 0 Å². The summed E-state index contributed by atoms with van der Waals surface area (Å²) < 4.78 is 5.31. The number of methoxy groups -OCH3 is 1. The van der Waals surface area contributed by atoms with Gasteiger partial charge in [-0.2, -0.15) is 0 Å². The van der Waals surface area contributed by atoms with Crippen LogP contribution in [0.1, 0.15) is 28.9 Å². The zero-order chi connectivity index (χ0) is 16.4. The number of carbonyl (C=O) groups excluding carboxylic acids is 1. The molecule has 2 aromatic rings. The number of anilines is 2. The van der Waals surface area contributed by atoms with E-state index in [1.54, 1.807) is 25.4 Å². The zero-order valence-electron chi connectivity index (χ0n) is 12.9. The average molecular weight is 333 g/mol. The second-order valence-corrected chi connectivity index (χ2v) is 5.85. The van der Waals surface area contributed by atoms with Gasteiger partial charge in [0, 0.05) is 23.3 Å². The predicted molar refractivity (Wildman–Crippen MR) is 88.5 cm³/mol.